The quantitative estimate of drug-likeness (QED) is 0.728. The minimum Gasteiger partial charge on any atom is -0.465 e. The summed E-state index contributed by atoms with van der Waals surface area (Å²) in [5.74, 6) is -0.513. The molecule has 0 aromatic heterocycles. The van der Waals surface area contributed by atoms with Gasteiger partial charge in [-0.25, -0.2) is 0 Å². The van der Waals surface area contributed by atoms with E-state index >= 15 is 0 Å². The third-order valence-electron chi connectivity index (χ3n) is 2.29. The van der Waals surface area contributed by atoms with Gasteiger partial charge in [-0.2, -0.15) is 0 Å². The summed E-state index contributed by atoms with van der Waals surface area (Å²) in [5.41, 5.74) is 0.993. The van der Waals surface area contributed by atoms with Gasteiger partial charge in [0.2, 0.25) is 5.91 Å². The van der Waals surface area contributed by atoms with E-state index in [2.05, 4.69) is 0 Å². The molecule has 0 aliphatic heterocycles. The van der Waals surface area contributed by atoms with Gasteiger partial charge in [0.25, 0.3) is 0 Å². The van der Waals surface area contributed by atoms with E-state index in [1.54, 1.807) is 6.92 Å². The Bertz CT molecular complexity index is 376. The summed E-state index contributed by atoms with van der Waals surface area (Å²) in [5, 5.41) is 0. The van der Waals surface area contributed by atoms with Gasteiger partial charge in [-0.3, -0.25) is 9.59 Å². The summed E-state index contributed by atoms with van der Waals surface area (Å²) >= 11 is 0. The van der Waals surface area contributed by atoms with Crippen LogP contribution < -0.4 is 0 Å². The molecule has 0 fully saturated rings. The van der Waals surface area contributed by atoms with Gasteiger partial charge in [-0.05, 0) is 12.5 Å². The maximum absolute atomic E-state index is 11.4. The molecule has 0 saturated heterocycles. The second-order valence-electron chi connectivity index (χ2n) is 3.67. The molecule has 4 heteroatoms. The van der Waals surface area contributed by atoms with Crippen LogP contribution in [-0.2, 0) is 20.9 Å². The zero-order valence-electron chi connectivity index (χ0n) is 10.2. The Hall–Kier alpha value is -1.84. The lowest BCUT2D eigenvalue weighted by molar-refractivity contribution is -0.148. The van der Waals surface area contributed by atoms with Crippen molar-refractivity contribution in [3.63, 3.8) is 0 Å². The fourth-order valence-electron chi connectivity index (χ4n) is 1.44. The third-order valence-corrected chi connectivity index (χ3v) is 2.29. The lowest BCUT2D eigenvalue weighted by Crippen LogP contribution is -2.34. The Kier molecular flexibility index (Phi) is 5.20. The Morgan fingerprint density at radius 3 is 2.41 bits per heavy atom. The first kappa shape index (κ1) is 13.2. The van der Waals surface area contributed by atoms with Gasteiger partial charge in [0.1, 0.15) is 6.54 Å². The van der Waals surface area contributed by atoms with E-state index in [1.165, 1.54) is 11.8 Å². The molecule has 1 rings (SSSR count). The number of carbonyl (C=O) groups excluding carboxylic acids is 2. The fraction of sp³-hybridized carbons (Fsp3) is 0.385. The van der Waals surface area contributed by atoms with Crippen LogP contribution in [0.5, 0.6) is 0 Å². The molecule has 0 bridgehead atoms. The molecular formula is C13H17NO3. The zero-order valence-corrected chi connectivity index (χ0v) is 10.2. The van der Waals surface area contributed by atoms with E-state index in [0.717, 1.165) is 5.56 Å². The van der Waals surface area contributed by atoms with Gasteiger partial charge < -0.3 is 9.64 Å². The average molecular weight is 235 g/mol. The van der Waals surface area contributed by atoms with Crippen molar-refractivity contribution >= 4 is 11.9 Å². The number of benzene rings is 1. The number of esters is 1. The smallest absolute Gasteiger partial charge is 0.325 e. The standard InChI is InChI=1S/C13H17NO3/c1-3-17-13(16)10-14(11(2)15)9-12-7-5-4-6-8-12/h4-8H,3,9-10H2,1-2H3. The predicted octanol–water partition coefficient (Wildman–Crippen LogP) is 1.60. The van der Waals surface area contributed by atoms with Crippen LogP contribution in [-0.4, -0.2) is 29.9 Å². The molecule has 0 atom stereocenters. The van der Waals surface area contributed by atoms with Crippen LogP contribution in [0.4, 0.5) is 0 Å². The highest BCUT2D eigenvalue weighted by Crippen LogP contribution is 2.04. The van der Waals surface area contributed by atoms with E-state index in [1.807, 2.05) is 30.3 Å². The Balaban J connectivity index is 2.61. The van der Waals surface area contributed by atoms with Crippen LogP contribution in [0.3, 0.4) is 0 Å². The van der Waals surface area contributed by atoms with Gasteiger partial charge >= 0.3 is 5.97 Å². The van der Waals surface area contributed by atoms with Crippen LogP contribution in [0, 0.1) is 0 Å². The first-order chi connectivity index (χ1) is 8.13. The van der Waals surface area contributed by atoms with E-state index in [4.69, 9.17) is 4.74 Å². The average Bonchev–Trinajstić information content (AvgIpc) is 2.29. The van der Waals surface area contributed by atoms with Crippen molar-refractivity contribution < 1.29 is 14.3 Å². The van der Waals surface area contributed by atoms with Crippen LogP contribution in [0.1, 0.15) is 19.4 Å². The molecule has 92 valence electrons. The minimum absolute atomic E-state index is 0.00192. The summed E-state index contributed by atoms with van der Waals surface area (Å²) in [7, 11) is 0. The summed E-state index contributed by atoms with van der Waals surface area (Å²) in [6.07, 6.45) is 0. The van der Waals surface area contributed by atoms with Crippen molar-refractivity contribution in [1.82, 2.24) is 4.90 Å². The predicted molar refractivity (Wildman–Crippen MR) is 64.2 cm³/mol. The number of hydrogen-bond donors (Lipinski definition) is 0. The molecule has 0 aliphatic carbocycles. The van der Waals surface area contributed by atoms with E-state index in [0.29, 0.717) is 13.2 Å². The topological polar surface area (TPSA) is 46.6 Å². The highest BCUT2D eigenvalue weighted by Gasteiger charge is 2.14. The first-order valence-corrected chi connectivity index (χ1v) is 5.58. The van der Waals surface area contributed by atoms with E-state index in [-0.39, 0.29) is 18.4 Å². The molecule has 0 unspecified atom stereocenters. The highest BCUT2D eigenvalue weighted by molar-refractivity contribution is 5.80. The Morgan fingerprint density at radius 1 is 1.24 bits per heavy atom. The summed E-state index contributed by atoms with van der Waals surface area (Å²) in [4.78, 5) is 24.2. The maximum atomic E-state index is 11.4. The number of carbonyl (C=O) groups is 2. The van der Waals surface area contributed by atoms with Crippen LogP contribution in [0.2, 0.25) is 0 Å². The minimum atomic E-state index is -0.376. The molecule has 0 heterocycles. The van der Waals surface area contributed by atoms with Gasteiger partial charge in [-0.15, -0.1) is 0 Å². The van der Waals surface area contributed by atoms with Crippen LogP contribution >= 0.6 is 0 Å². The van der Waals surface area contributed by atoms with Gasteiger partial charge in [0.05, 0.1) is 6.61 Å². The summed E-state index contributed by atoms with van der Waals surface area (Å²) in [6.45, 7) is 3.94. The molecular weight excluding hydrogens is 218 g/mol. The Labute approximate surface area is 101 Å². The molecule has 1 aromatic carbocycles. The molecule has 1 amide bonds. The van der Waals surface area contributed by atoms with Crippen molar-refractivity contribution in [3.05, 3.63) is 35.9 Å². The first-order valence-electron chi connectivity index (χ1n) is 5.58. The van der Waals surface area contributed by atoms with Crippen molar-refractivity contribution in [3.8, 4) is 0 Å². The number of ether oxygens (including phenoxy) is 1. The summed E-state index contributed by atoms with van der Waals surface area (Å²) in [6, 6.07) is 9.55. The lowest BCUT2D eigenvalue weighted by Gasteiger charge is -2.19. The van der Waals surface area contributed by atoms with Gasteiger partial charge in [0.15, 0.2) is 0 Å². The summed E-state index contributed by atoms with van der Waals surface area (Å²) < 4.78 is 4.83. The van der Waals surface area contributed by atoms with Crippen molar-refractivity contribution in [2.45, 2.75) is 20.4 Å². The zero-order chi connectivity index (χ0) is 12.7. The Morgan fingerprint density at radius 2 is 1.88 bits per heavy atom. The lowest BCUT2D eigenvalue weighted by atomic mass is 10.2. The monoisotopic (exact) mass is 235 g/mol. The van der Waals surface area contributed by atoms with Crippen LogP contribution in [0.15, 0.2) is 30.3 Å². The van der Waals surface area contributed by atoms with Crippen LogP contribution in [0.25, 0.3) is 0 Å². The van der Waals surface area contributed by atoms with Crippen molar-refractivity contribution in [2.24, 2.45) is 0 Å². The van der Waals surface area contributed by atoms with Gasteiger partial charge in [-0.1, -0.05) is 30.3 Å². The third kappa shape index (κ3) is 4.68. The molecule has 17 heavy (non-hydrogen) atoms. The molecule has 0 spiro atoms. The molecule has 0 N–H and O–H groups in total. The highest BCUT2D eigenvalue weighted by atomic mass is 16.5. The molecule has 0 aliphatic rings. The second kappa shape index (κ2) is 6.68. The number of rotatable bonds is 5. The van der Waals surface area contributed by atoms with Crippen molar-refractivity contribution in [1.29, 1.82) is 0 Å². The van der Waals surface area contributed by atoms with Crippen molar-refractivity contribution in [2.75, 3.05) is 13.2 Å². The van der Waals surface area contributed by atoms with E-state index in [9.17, 15) is 9.59 Å². The molecule has 0 radical (unpaired) electrons. The SMILES string of the molecule is CCOC(=O)CN(Cc1ccccc1)C(C)=O. The molecule has 1 aromatic rings. The number of nitrogens with zero attached hydrogens (tertiary/aromatic N) is 1. The molecule has 4 nitrogen and oxygen atoms in total. The second-order valence-corrected chi connectivity index (χ2v) is 3.67. The largest absolute Gasteiger partial charge is 0.465 e. The fourth-order valence-corrected chi connectivity index (χ4v) is 1.44. The van der Waals surface area contributed by atoms with E-state index < -0.39 is 0 Å². The number of amides is 1. The maximum Gasteiger partial charge on any atom is 0.325 e. The number of hydrogen-bond acceptors (Lipinski definition) is 3. The normalized spacial score (nSPS) is 9.76. The molecule has 0 saturated carbocycles. The van der Waals surface area contributed by atoms with Gasteiger partial charge in [0, 0.05) is 13.5 Å².